The molecule has 4 heteroatoms. The minimum Gasteiger partial charge on any atom is -0.465 e. The summed E-state index contributed by atoms with van der Waals surface area (Å²) in [6.45, 7) is 4.75. The van der Waals surface area contributed by atoms with Gasteiger partial charge in [0.2, 0.25) is 0 Å². The molecule has 1 aromatic rings. The highest BCUT2D eigenvalue weighted by Gasteiger charge is 2.59. The maximum Gasteiger partial charge on any atom is 0.311 e. The summed E-state index contributed by atoms with van der Waals surface area (Å²) in [6, 6.07) is 9.60. The number of esters is 2. The van der Waals surface area contributed by atoms with E-state index in [4.69, 9.17) is 9.47 Å². The number of benzene rings is 1. The molecule has 25 heavy (non-hydrogen) atoms. The Hall–Kier alpha value is -2.10. The molecular formula is C21H26O4. The molecule has 0 spiro atoms. The number of rotatable bonds is 7. The fourth-order valence-corrected chi connectivity index (χ4v) is 4.08. The zero-order chi connectivity index (χ0) is 17.9. The van der Waals surface area contributed by atoms with Crippen LogP contribution in [0.2, 0.25) is 0 Å². The van der Waals surface area contributed by atoms with E-state index in [0.717, 1.165) is 24.8 Å². The van der Waals surface area contributed by atoms with Gasteiger partial charge in [-0.05, 0) is 24.3 Å². The zero-order valence-corrected chi connectivity index (χ0v) is 14.9. The summed E-state index contributed by atoms with van der Waals surface area (Å²) in [5.74, 6) is -1.35. The summed E-state index contributed by atoms with van der Waals surface area (Å²) in [7, 11) is 0. The van der Waals surface area contributed by atoms with Crippen LogP contribution in [0.1, 0.15) is 38.7 Å². The van der Waals surface area contributed by atoms with Crippen LogP contribution in [0.3, 0.4) is 0 Å². The lowest BCUT2D eigenvalue weighted by atomic mass is 9.75. The Balaban J connectivity index is 1.69. The molecule has 0 heterocycles. The van der Waals surface area contributed by atoms with Gasteiger partial charge in [-0.2, -0.15) is 0 Å². The van der Waals surface area contributed by atoms with Crippen molar-refractivity contribution in [3.05, 3.63) is 48.0 Å². The maximum absolute atomic E-state index is 12.8. The van der Waals surface area contributed by atoms with Crippen molar-refractivity contribution < 1.29 is 19.1 Å². The topological polar surface area (TPSA) is 52.6 Å². The fraction of sp³-hybridized carbons (Fsp3) is 0.524. The first-order valence-corrected chi connectivity index (χ1v) is 9.12. The van der Waals surface area contributed by atoms with Crippen molar-refractivity contribution in [2.45, 2.75) is 39.7 Å². The minimum absolute atomic E-state index is 0.0772. The van der Waals surface area contributed by atoms with Crippen LogP contribution in [0.25, 0.3) is 0 Å². The van der Waals surface area contributed by atoms with E-state index < -0.39 is 11.8 Å². The summed E-state index contributed by atoms with van der Waals surface area (Å²) < 4.78 is 11.0. The van der Waals surface area contributed by atoms with E-state index in [1.165, 1.54) is 0 Å². The van der Waals surface area contributed by atoms with Crippen LogP contribution in [0.15, 0.2) is 42.5 Å². The molecule has 2 aliphatic carbocycles. The fourth-order valence-electron chi connectivity index (χ4n) is 4.08. The monoisotopic (exact) mass is 342 g/mol. The molecule has 1 aromatic carbocycles. The van der Waals surface area contributed by atoms with Crippen molar-refractivity contribution in [1.82, 2.24) is 0 Å². The molecule has 0 saturated heterocycles. The molecule has 2 aliphatic rings. The third kappa shape index (κ3) is 3.63. The van der Waals surface area contributed by atoms with Crippen molar-refractivity contribution >= 4 is 11.9 Å². The quantitative estimate of drug-likeness (QED) is 0.428. The number of fused-ring (bicyclic) bond motifs is 2. The number of carbonyl (C=O) groups is 2. The van der Waals surface area contributed by atoms with Gasteiger partial charge in [-0.3, -0.25) is 9.59 Å². The van der Waals surface area contributed by atoms with Crippen LogP contribution in [-0.2, 0) is 25.7 Å². The first-order chi connectivity index (χ1) is 12.0. The highest BCUT2D eigenvalue weighted by atomic mass is 16.5. The number of carbonyl (C=O) groups excluding carboxylic acids is 2. The van der Waals surface area contributed by atoms with Crippen LogP contribution in [0, 0.1) is 23.2 Å². The van der Waals surface area contributed by atoms with Crippen LogP contribution < -0.4 is 0 Å². The number of allylic oxidation sites excluding steroid dienone is 2. The molecule has 0 amide bonds. The third-order valence-corrected chi connectivity index (χ3v) is 5.42. The summed E-state index contributed by atoms with van der Waals surface area (Å²) >= 11 is 0. The van der Waals surface area contributed by atoms with Gasteiger partial charge in [0.15, 0.2) is 0 Å². The lowest BCUT2D eigenvalue weighted by Crippen LogP contribution is -2.39. The molecule has 1 saturated carbocycles. The molecule has 0 N–H and O–H groups in total. The summed E-state index contributed by atoms with van der Waals surface area (Å²) in [6.07, 6.45) is 6.77. The molecule has 0 radical (unpaired) electrons. The van der Waals surface area contributed by atoms with Gasteiger partial charge in [0.05, 0.1) is 18.4 Å². The van der Waals surface area contributed by atoms with E-state index in [0.29, 0.717) is 6.61 Å². The highest BCUT2D eigenvalue weighted by molar-refractivity contribution is 5.85. The molecule has 1 fully saturated rings. The number of hydrogen-bond donors (Lipinski definition) is 0. The SMILES string of the molecule is CCCCOC(=O)C1C2C=CC(C)(C2)C1C(=O)OCc1ccccc1. The van der Waals surface area contributed by atoms with Gasteiger partial charge in [0.25, 0.3) is 0 Å². The first-order valence-electron chi connectivity index (χ1n) is 9.12. The Morgan fingerprint density at radius 2 is 1.92 bits per heavy atom. The molecule has 2 bridgehead atoms. The largest absolute Gasteiger partial charge is 0.465 e. The Morgan fingerprint density at radius 1 is 1.16 bits per heavy atom. The van der Waals surface area contributed by atoms with Crippen LogP contribution >= 0.6 is 0 Å². The lowest BCUT2D eigenvalue weighted by Gasteiger charge is -2.30. The van der Waals surface area contributed by atoms with Crippen LogP contribution in [0.4, 0.5) is 0 Å². The molecule has 4 nitrogen and oxygen atoms in total. The minimum atomic E-state index is -0.458. The summed E-state index contributed by atoms with van der Waals surface area (Å²) in [5, 5.41) is 0. The molecule has 3 rings (SSSR count). The molecular weight excluding hydrogens is 316 g/mol. The van der Waals surface area contributed by atoms with Crippen LogP contribution in [0.5, 0.6) is 0 Å². The second kappa shape index (κ2) is 7.42. The predicted octanol–water partition coefficient (Wildman–Crippen LogP) is 3.90. The smallest absolute Gasteiger partial charge is 0.311 e. The molecule has 134 valence electrons. The van der Waals surface area contributed by atoms with Gasteiger partial charge in [-0.15, -0.1) is 0 Å². The highest BCUT2D eigenvalue weighted by Crippen LogP contribution is 2.57. The van der Waals surface area contributed by atoms with Gasteiger partial charge in [0, 0.05) is 5.41 Å². The molecule has 0 aromatic heterocycles. The van der Waals surface area contributed by atoms with E-state index in [9.17, 15) is 9.59 Å². The Bertz CT molecular complexity index is 651. The van der Waals surface area contributed by atoms with Crippen LogP contribution in [-0.4, -0.2) is 18.5 Å². The normalized spacial score (nSPS) is 29.6. The van der Waals surface area contributed by atoms with E-state index in [2.05, 4.69) is 19.1 Å². The Morgan fingerprint density at radius 3 is 2.64 bits per heavy atom. The summed E-state index contributed by atoms with van der Waals surface area (Å²) in [5.41, 5.74) is 0.633. The first kappa shape index (κ1) is 17.7. The predicted molar refractivity (Wildman–Crippen MR) is 94.4 cm³/mol. The molecule has 4 unspecified atom stereocenters. The standard InChI is InChI=1S/C21H26O4/c1-3-4-12-24-19(22)17-16-10-11-21(2,13-16)18(17)20(23)25-14-15-8-6-5-7-9-15/h5-11,16-18H,3-4,12-14H2,1-2H3. The summed E-state index contributed by atoms with van der Waals surface area (Å²) in [4.78, 5) is 25.4. The van der Waals surface area contributed by atoms with Gasteiger partial charge >= 0.3 is 11.9 Å². The molecule has 4 atom stereocenters. The second-order valence-electron chi connectivity index (χ2n) is 7.35. The van der Waals surface area contributed by atoms with E-state index >= 15 is 0 Å². The third-order valence-electron chi connectivity index (χ3n) is 5.42. The Labute approximate surface area is 149 Å². The number of hydrogen-bond acceptors (Lipinski definition) is 4. The van der Waals surface area contributed by atoms with Crippen molar-refractivity contribution in [2.75, 3.05) is 6.61 Å². The maximum atomic E-state index is 12.8. The van der Waals surface area contributed by atoms with Crippen molar-refractivity contribution in [1.29, 1.82) is 0 Å². The lowest BCUT2D eigenvalue weighted by molar-refractivity contribution is -0.164. The number of ether oxygens (including phenoxy) is 2. The average Bonchev–Trinajstić information content (AvgIpc) is 3.14. The van der Waals surface area contributed by atoms with Gasteiger partial charge < -0.3 is 9.47 Å². The Kier molecular flexibility index (Phi) is 5.26. The van der Waals surface area contributed by atoms with Crippen molar-refractivity contribution in [2.24, 2.45) is 23.2 Å². The zero-order valence-electron chi connectivity index (χ0n) is 14.9. The average molecular weight is 342 g/mol. The van der Waals surface area contributed by atoms with Crippen molar-refractivity contribution in [3.63, 3.8) is 0 Å². The van der Waals surface area contributed by atoms with Gasteiger partial charge in [0.1, 0.15) is 6.61 Å². The van der Waals surface area contributed by atoms with E-state index in [1.54, 1.807) is 0 Å². The van der Waals surface area contributed by atoms with E-state index in [-0.39, 0.29) is 29.9 Å². The van der Waals surface area contributed by atoms with Crippen molar-refractivity contribution in [3.8, 4) is 0 Å². The van der Waals surface area contributed by atoms with E-state index in [1.807, 2.05) is 37.3 Å². The second-order valence-corrected chi connectivity index (χ2v) is 7.35. The number of unbranched alkanes of at least 4 members (excludes halogenated alkanes) is 1. The van der Waals surface area contributed by atoms with Gasteiger partial charge in [-0.1, -0.05) is 62.8 Å². The van der Waals surface area contributed by atoms with Gasteiger partial charge in [-0.25, -0.2) is 0 Å². The molecule has 0 aliphatic heterocycles.